The van der Waals surface area contributed by atoms with Crippen molar-refractivity contribution in [1.82, 2.24) is 4.90 Å². The number of fused-ring (bicyclic) bond motifs is 2. The highest BCUT2D eigenvalue weighted by atomic mass is 31.1. The molecule has 0 spiro atoms. The van der Waals surface area contributed by atoms with Gasteiger partial charge >= 0.3 is 0 Å². The first-order chi connectivity index (χ1) is 6.69. The summed E-state index contributed by atoms with van der Waals surface area (Å²) in [6.45, 7) is 15.7. The molecule has 2 fully saturated rings. The van der Waals surface area contributed by atoms with Crippen molar-refractivity contribution in [2.45, 2.75) is 70.9 Å². The highest BCUT2D eigenvalue weighted by Gasteiger charge is 2.51. The molecule has 2 saturated heterocycles. The average Bonchev–Trinajstić information content (AvgIpc) is 2.57. The van der Waals surface area contributed by atoms with E-state index in [4.69, 9.17) is 0 Å². The molecule has 0 aromatic heterocycles. The summed E-state index contributed by atoms with van der Waals surface area (Å²) in [6.07, 6.45) is 1.47. The Kier molecular flexibility index (Phi) is 2.72. The third-order valence-corrected chi connectivity index (χ3v) is 6.44. The Morgan fingerprint density at radius 1 is 1.07 bits per heavy atom. The third-order valence-electron chi connectivity index (χ3n) is 3.94. The minimum absolute atomic E-state index is 0.369. The molecule has 2 aliphatic heterocycles. The first-order valence-electron chi connectivity index (χ1n) is 6.22. The van der Waals surface area contributed by atoms with Gasteiger partial charge in [0.2, 0.25) is 0 Å². The summed E-state index contributed by atoms with van der Waals surface area (Å²) < 4.78 is 0. The van der Waals surface area contributed by atoms with Crippen molar-refractivity contribution >= 4 is 8.58 Å². The molecule has 0 aromatic carbocycles. The van der Waals surface area contributed by atoms with Gasteiger partial charge in [-0.2, -0.15) is 0 Å². The summed E-state index contributed by atoms with van der Waals surface area (Å²) in [5.41, 5.74) is 2.82. The molecule has 0 aromatic rings. The Balaban J connectivity index is 2.17. The molecule has 2 rings (SSSR count). The zero-order valence-corrected chi connectivity index (χ0v) is 12.1. The second kappa shape index (κ2) is 3.44. The summed E-state index contributed by atoms with van der Waals surface area (Å²) in [5, 5.41) is 0. The van der Waals surface area contributed by atoms with Crippen molar-refractivity contribution in [3.8, 4) is 0 Å². The molecule has 0 N–H and O–H groups in total. The molecule has 0 amide bonds. The Bertz CT molecular complexity index is 224. The normalized spacial score (nSPS) is 39.2. The Morgan fingerprint density at radius 3 is 2.07 bits per heavy atom. The van der Waals surface area contributed by atoms with Crippen molar-refractivity contribution in [1.29, 1.82) is 0 Å². The smallest absolute Gasteiger partial charge is 0.0177 e. The molecule has 15 heavy (non-hydrogen) atoms. The van der Waals surface area contributed by atoms with E-state index in [1.165, 1.54) is 21.5 Å². The molecule has 4 unspecified atom stereocenters. The fourth-order valence-electron chi connectivity index (χ4n) is 3.27. The predicted octanol–water partition coefficient (Wildman–Crippen LogP) is 3.33. The lowest BCUT2D eigenvalue weighted by Crippen LogP contribution is -2.52. The van der Waals surface area contributed by atoms with Crippen LogP contribution < -0.4 is 0 Å². The molecule has 2 heterocycles. The van der Waals surface area contributed by atoms with Gasteiger partial charge in [-0.25, -0.2) is 0 Å². The van der Waals surface area contributed by atoms with Gasteiger partial charge in [-0.05, 0) is 43.9 Å². The Morgan fingerprint density at radius 2 is 1.67 bits per heavy atom. The van der Waals surface area contributed by atoms with E-state index >= 15 is 0 Å². The van der Waals surface area contributed by atoms with Gasteiger partial charge in [0.15, 0.2) is 0 Å². The van der Waals surface area contributed by atoms with Crippen LogP contribution in [0.2, 0.25) is 0 Å². The van der Waals surface area contributed by atoms with Crippen molar-refractivity contribution in [2.75, 3.05) is 6.54 Å². The second-order valence-corrected chi connectivity index (χ2v) is 9.11. The zero-order chi connectivity index (χ0) is 11.4. The van der Waals surface area contributed by atoms with Gasteiger partial charge in [0, 0.05) is 18.1 Å². The van der Waals surface area contributed by atoms with Crippen LogP contribution in [0.1, 0.15) is 48.0 Å². The van der Waals surface area contributed by atoms with Gasteiger partial charge in [-0.15, -0.1) is 8.58 Å². The minimum atomic E-state index is 0.369. The largest absolute Gasteiger partial charge is 0.294 e. The molecular formula is C13H26NP. The molecule has 2 heteroatoms. The number of hydrogen-bond donors (Lipinski definition) is 0. The van der Waals surface area contributed by atoms with E-state index in [1.54, 1.807) is 0 Å². The highest BCUT2D eigenvalue weighted by molar-refractivity contribution is 7.40. The van der Waals surface area contributed by atoms with Crippen LogP contribution in [0.25, 0.3) is 0 Å². The number of hydrogen-bond acceptors (Lipinski definition) is 1. The van der Waals surface area contributed by atoms with Crippen LogP contribution in [-0.4, -0.2) is 34.3 Å². The van der Waals surface area contributed by atoms with Gasteiger partial charge < -0.3 is 0 Å². The molecule has 0 radical (unpaired) electrons. The van der Waals surface area contributed by atoms with Gasteiger partial charge in [0.1, 0.15) is 0 Å². The SMILES string of the molecule is CC(C)(C)C1PC2CC1N(C(C)(C)C)C2. The quantitative estimate of drug-likeness (QED) is 0.574. The van der Waals surface area contributed by atoms with E-state index in [0.29, 0.717) is 11.0 Å². The molecule has 0 saturated carbocycles. The van der Waals surface area contributed by atoms with Crippen LogP contribution >= 0.6 is 8.58 Å². The summed E-state index contributed by atoms with van der Waals surface area (Å²) in [7, 11) is 1.22. The third kappa shape index (κ3) is 2.11. The lowest BCUT2D eigenvalue weighted by Gasteiger charge is -2.46. The van der Waals surface area contributed by atoms with Crippen LogP contribution in [0.4, 0.5) is 0 Å². The molecule has 2 bridgehead atoms. The number of rotatable bonds is 0. The summed E-state index contributed by atoms with van der Waals surface area (Å²) in [5.74, 6) is 0. The van der Waals surface area contributed by atoms with Crippen molar-refractivity contribution in [3.05, 3.63) is 0 Å². The van der Waals surface area contributed by atoms with E-state index in [-0.39, 0.29) is 0 Å². The number of likely N-dealkylation sites (tertiary alicyclic amines) is 1. The minimum Gasteiger partial charge on any atom is -0.294 e. The van der Waals surface area contributed by atoms with Crippen LogP contribution in [0, 0.1) is 5.41 Å². The molecule has 1 nitrogen and oxygen atoms in total. The predicted molar refractivity (Wildman–Crippen MR) is 70.2 cm³/mol. The van der Waals surface area contributed by atoms with Gasteiger partial charge in [-0.3, -0.25) is 4.90 Å². The lowest BCUT2D eigenvalue weighted by molar-refractivity contribution is 0.0963. The molecule has 2 aliphatic rings. The van der Waals surface area contributed by atoms with Crippen LogP contribution in [0.15, 0.2) is 0 Å². The van der Waals surface area contributed by atoms with Gasteiger partial charge in [0.05, 0.1) is 0 Å². The van der Waals surface area contributed by atoms with Crippen molar-refractivity contribution < 1.29 is 0 Å². The van der Waals surface area contributed by atoms with Gasteiger partial charge in [-0.1, -0.05) is 20.8 Å². The lowest BCUT2D eigenvalue weighted by atomic mass is 9.85. The van der Waals surface area contributed by atoms with Crippen molar-refractivity contribution in [2.24, 2.45) is 5.41 Å². The second-order valence-electron chi connectivity index (χ2n) is 7.33. The summed E-state index contributed by atoms with van der Waals surface area (Å²) in [4.78, 5) is 2.77. The summed E-state index contributed by atoms with van der Waals surface area (Å²) in [6, 6.07) is 0.869. The molecular weight excluding hydrogens is 201 g/mol. The molecule has 88 valence electrons. The fourth-order valence-corrected chi connectivity index (χ4v) is 5.49. The highest BCUT2D eigenvalue weighted by Crippen LogP contribution is 2.55. The van der Waals surface area contributed by atoms with E-state index in [9.17, 15) is 0 Å². The van der Waals surface area contributed by atoms with E-state index in [0.717, 1.165) is 17.4 Å². The molecule has 4 atom stereocenters. The zero-order valence-electron chi connectivity index (χ0n) is 11.1. The number of nitrogens with zero attached hydrogens (tertiary/aromatic N) is 1. The molecule has 0 aliphatic carbocycles. The first kappa shape index (κ1) is 11.9. The fraction of sp³-hybridized carbons (Fsp3) is 1.00. The van der Waals surface area contributed by atoms with Crippen LogP contribution in [0.5, 0.6) is 0 Å². The maximum absolute atomic E-state index is 2.77. The first-order valence-corrected chi connectivity index (χ1v) is 7.38. The van der Waals surface area contributed by atoms with E-state index in [1.807, 2.05) is 0 Å². The Labute approximate surface area is 96.8 Å². The van der Waals surface area contributed by atoms with Crippen LogP contribution in [-0.2, 0) is 0 Å². The maximum Gasteiger partial charge on any atom is 0.0177 e. The van der Waals surface area contributed by atoms with E-state index < -0.39 is 0 Å². The van der Waals surface area contributed by atoms with E-state index in [2.05, 4.69) is 46.4 Å². The monoisotopic (exact) mass is 227 g/mol. The Hall–Kier alpha value is 0.390. The summed E-state index contributed by atoms with van der Waals surface area (Å²) >= 11 is 0. The van der Waals surface area contributed by atoms with Crippen LogP contribution in [0.3, 0.4) is 0 Å². The maximum atomic E-state index is 2.77. The average molecular weight is 227 g/mol. The van der Waals surface area contributed by atoms with Gasteiger partial charge in [0.25, 0.3) is 0 Å². The van der Waals surface area contributed by atoms with Crippen molar-refractivity contribution in [3.63, 3.8) is 0 Å². The topological polar surface area (TPSA) is 3.24 Å². The standard InChI is InChI=1S/C13H26NP/c1-12(2,3)11-10-7-9(15-11)8-14(10)13(4,5)6/h9-11,15H,7-8H2,1-6H3.